The van der Waals surface area contributed by atoms with E-state index in [0.717, 1.165) is 48.9 Å². The number of hydrogen-bond donors (Lipinski definition) is 1. The van der Waals surface area contributed by atoms with Gasteiger partial charge in [-0.25, -0.2) is 0 Å². The lowest BCUT2D eigenvalue weighted by atomic mass is 9.70. The summed E-state index contributed by atoms with van der Waals surface area (Å²) < 4.78 is 5.88. The molecule has 2 aliphatic carbocycles. The van der Waals surface area contributed by atoms with Crippen LogP contribution >= 0.6 is 22.7 Å². The van der Waals surface area contributed by atoms with E-state index < -0.39 is 5.92 Å². The van der Waals surface area contributed by atoms with Gasteiger partial charge in [-0.1, -0.05) is 12.6 Å². The van der Waals surface area contributed by atoms with Gasteiger partial charge in [0.05, 0.1) is 0 Å². The number of hydrogen-bond acceptors (Lipinski definition) is 6. The number of allylic oxidation sites excluding steroid dienone is 2. The first-order chi connectivity index (χ1) is 14.6. The molecule has 0 aromatic carbocycles. The maximum Gasteiger partial charge on any atom is 0.316 e. The minimum Gasteiger partial charge on any atom is -0.462 e. The van der Waals surface area contributed by atoms with Gasteiger partial charge in [0, 0.05) is 40.1 Å². The summed E-state index contributed by atoms with van der Waals surface area (Å²) in [6, 6.07) is 6.15. The molecule has 3 aliphatic rings. The van der Waals surface area contributed by atoms with Crippen LogP contribution in [0.1, 0.15) is 60.8 Å². The van der Waals surface area contributed by atoms with Crippen LogP contribution in [-0.2, 0) is 14.3 Å². The minimum atomic E-state index is -0.568. The van der Waals surface area contributed by atoms with Crippen molar-refractivity contribution in [3.8, 4) is 0 Å². The van der Waals surface area contributed by atoms with Crippen LogP contribution in [-0.4, -0.2) is 17.9 Å². The van der Waals surface area contributed by atoms with Crippen LogP contribution in [0.3, 0.4) is 0 Å². The topological polar surface area (TPSA) is 55.4 Å². The van der Waals surface area contributed by atoms with Crippen molar-refractivity contribution in [1.29, 1.82) is 0 Å². The summed E-state index contributed by atoms with van der Waals surface area (Å²) in [5, 5.41) is 9.46. The Balaban J connectivity index is 1.51. The third-order valence-electron chi connectivity index (χ3n) is 6.53. The molecule has 30 heavy (non-hydrogen) atoms. The molecule has 6 heteroatoms. The molecule has 3 heterocycles. The van der Waals surface area contributed by atoms with E-state index in [1.54, 1.807) is 22.7 Å². The first kappa shape index (κ1) is 19.8. The lowest BCUT2D eigenvalue weighted by Crippen LogP contribution is -2.42. The molecule has 2 aromatic rings. The lowest BCUT2D eigenvalue weighted by molar-refractivity contribution is -0.153. The molecule has 2 aromatic heterocycles. The molecule has 0 amide bonds. The molecule has 3 unspecified atom stereocenters. The maximum absolute atomic E-state index is 13.4. The number of thiophene rings is 2. The largest absolute Gasteiger partial charge is 0.462 e. The SMILES string of the molecule is C=C1NC2=C(C(=O)CC(c3cccs3)C2)C(c2ccsc2)C1C(=O)OC1CCCC1. The Morgan fingerprint density at radius 2 is 2.00 bits per heavy atom. The first-order valence-electron chi connectivity index (χ1n) is 10.6. The van der Waals surface area contributed by atoms with E-state index in [0.29, 0.717) is 12.1 Å². The number of carbonyl (C=O) groups excluding carboxylic acids is 2. The fourth-order valence-corrected chi connectivity index (χ4v) is 6.63. The number of Topliss-reactive ketones (excluding diaryl/α,β-unsaturated/α-hetero) is 1. The van der Waals surface area contributed by atoms with Crippen LogP contribution in [0.5, 0.6) is 0 Å². The highest BCUT2D eigenvalue weighted by atomic mass is 32.1. The average molecular weight is 440 g/mol. The summed E-state index contributed by atoms with van der Waals surface area (Å²) in [6.07, 6.45) is 5.31. The lowest BCUT2D eigenvalue weighted by Gasteiger charge is -2.39. The summed E-state index contributed by atoms with van der Waals surface area (Å²) >= 11 is 3.28. The number of ether oxygens (including phenoxy) is 1. The van der Waals surface area contributed by atoms with Gasteiger partial charge in [-0.15, -0.1) is 11.3 Å². The zero-order valence-electron chi connectivity index (χ0n) is 16.8. The van der Waals surface area contributed by atoms with E-state index >= 15 is 0 Å². The molecule has 1 saturated carbocycles. The van der Waals surface area contributed by atoms with Crippen molar-refractivity contribution in [3.05, 3.63) is 68.3 Å². The van der Waals surface area contributed by atoms with Gasteiger partial charge in [0.15, 0.2) is 5.78 Å². The Labute approximate surface area is 184 Å². The van der Waals surface area contributed by atoms with Crippen molar-refractivity contribution < 1.29 is 14.3 Å². The van der Waals surface area contributed by atoms with Crippen molar-refractivity contribution in [1.82, 2.24) is 5.32 Å². The second-order valence-corrected chi connectivity index (χ2v) is 10.2. The van der Waals surface area contributed by atoms with E-state index in [-0.39, 0.29) is 29.7 Å². The van der Waals surface area contributed by atoms with E-state index in [4.69, 9.17) is 4.74 Å². The Morgan fingerprint density at radius 1 is 1.17 bits per heavy atom. The summed E-state index contributed by atoms with van der Waals surface area (Å²) in [6.45, 7) is 4.20. The van der Waals surface area contributed by atoms with Crippen LogP contribution in [0.15, 0.2) is 57.9 Å². The third-order valence-corrected chi connectivity index (χ3v) is 8.26. The van der Waals surface area contributed by atoms with Gasteiger partial charge in [0.1, 0.15) is 12.0 Å². The Morgan fingerprint density at radius 3 is 2.70 bits per heavy atom. The van der Waals surface area contributed by atoms with Crippen LogP contribution in [0, 0.1) is 5.92 Å². The highest BCUT2D eigenvalue weighted by Crippen LogP contribution is 2.48. The molecule has 1 fully saturated rings. The molecule has 0 saturated heterocycles. The number of esters is 1. The smallest absolute Gasteiger partial charge is 0.316 e. The van der Waals surface area contributed by atoms with Gasteiger partial charge in [0.2, 0.25) is 0 Å². The molecule has 1 N–H and O–H groups in total. The summed E-state index contributed by atoms with van der Waals surface area (Å²) in [7, 11) is 0. The van der Waals surface area contributed by atoms with Gasteiger partial charge in [0.25, 0.3) is 0 Å². The zero-order chi connectivity index (χ0) is 20.7. The van der Waals surface area contributed by atoms with Crippen LogP contribution in [0.25, 0.3) is 0 Å². The number of carbonyl (C=O) groups is 2. The maximum atomic E-state index is 13.4. The normalized spacial score (nSPS) is 27.1. The summed E-state index contributed by atoms with van der Waals surface area (Å²) in [4.78, 5) is 27.9. The molecule has 0 radical (unpaired) electrons. The standard InChI is InChI=1S/C24H25NO3S2/c1-14-21(24(27)28-17-5-2-3-6-17)22(15-8-10-29-13-15)23-18(25-14)11-16(12-19(23)26)20-7-4-9-30-20/h4,7-10,13,16-17,21-22,25H,1-3,5-6,11-12H2. The summed E-state index contributed by atoms with van der Waals surface area (Å²) in [5.41, 5.74) is 3.33. The number of nitrogens with one attached hydrogen (secondary N) is 1. The van der Waals surface area contributed by atoms with Gasteiger partial charge in [-0.2, -0.15) is 11.3 Å². The van der Waals surface area contributed by atoms with Gasteiger partial charge >= 0.3 is 5.97 Å². The summed E-state index contributed by atoms with van der Waals surface area (Å²) in [5.74, 6) is -0.826. The monoisotopic (exact) mass is 439 g/mol. The quantitative estimate of drug-likeness (QED) is 0.638. The second-order valence-electron chi connectivity index (χ2n) is 8.44. The Kier molecular flexibility index (Phi) is 5.37. The molecule has 4 nitrogen and oxygen atoms in total. The highest BCUT2D eigenvalue weighted by Gasteiger charge is 2.46. The van der Waals surface area contributed by atoms with Crippen LogP contribution < -0.4 is 5.32 Å². The van der Waals surface area contributed by atoms with E-state index in [2.05, 4.69) is 23.3 Å². The van der Waals surface area contributed by atoms with Crippen LogP contribution in [0.4, 0.5) is 0 Å². The predicted molar refractivity (Wildman–Crippen MR) is 120 cm³/mol. The second kappa shape index (κ2) is 8.16. The van der Waals surface area contributed by atoms with E-state index in [1.807, 2.05) is 22.9 Å². The van der Waals surface area contributed by atoms with Gasteiger partial charge in [-0.3, -0.25) is 9.59 Å². The highest BCUT2D eigenvalue weighted by molar-refractivity contribution is 7.10. The minimum absolute atomic E-state index is 0.00549. The zero-order valence-corrected chi connectivity index (χ0v) is 18.4. The van der Waals surface area contributed by atoms with Gasteiger partial charge in [-0.05, 0) is 65.9 Å². The van der Waals surface area contributed by atoms with Crippen molar-refractivity contribution in [2.75, 3.05) is 0 Å². The molecular weight excluding hydrogens is 414 g/mol. The molecule has 156 valence electrons. The fraction of sp³-hybridized carbons (Fsp3) is 0.417. The van der Waals surface area contributed by atoms with Crippen LogP contribution in [0.2, 0.25) is 0 Å². The molecular formula is C24H25NO3S2. The van der Waals surface area contributed by atoms with E-state index in [1.165, 1.54) is 4.88 Å². The number of rotatable bonds is 4. The molecule has 5 rings (SSSR count). The number of ketones is 1. The van der Waals surface area contributed by atoms with Crippen molar-refractivity contribution in [2.24, 2.45) is 5.92 Å². The predicted octanol–water partition coefficient (Wildman–Crippen LogP) is 5.51. The van der Waals surface area contributed by atoms with Crippen molar-refractivity contribution in [3.63, 3.8) is 0 Å². The molecule has 1 aliphatic heterocycles. The van der Waals surface area contributed by atoms with E-state index in [9.17, 15) is 9.59 Å². The Bertz CT molecular complexity index is 984. The first-order valence-corrected chi connectivity index (χ1v) is 12.4. The van der Waals surface area contributed by atoms with Crippen molar-refractivity contribution in [2.45, 2.75) is 56.5 Å². The Hall–Kier alpha value is -2.18. The average Bonchev–Trinajstić information content (AvgIpc) is 3.49. The molecule has 0 spiro atoms. The molecule has 3 atom stereocenters. The third kappa shape index (κ3) is 3.56. The fourth-order valence-electron chi connectivity index (χ4n) is 5.11. The van der Waals surface area contributed by atoms with Gasteiger partial charge < -0.3 is 10.1 Å². The van der Waals surface area contributed by atoms with Crippen molar-refractivity contribution >= 4 is 34.4 Å². The molecule has 0 bridgehead atoms.